The molecule has 84 valence electrons. The summed E-state index contributed by atoms with van der Waals surface area (Å²) in [4.78, 5) is 2.51. The Labute approximate surface area is 89.1 Å². The van der Waals surface area contributed by atoms with Gasteiger partial charge < -0.3 is 10.2 Å². The zero-order valence-corrected chi connectivity index (χ0v) is 9.89. The largest absolute Gasteiger partial charge is 0.316 e. The Morgan fingerprint density at radius 2 is 2.21 bits per heavy atom. The van der Waals surface area contributed by atoms with Crippen molar-refractivity contribution in [3.8, 4) is 0 Å². The Morgan fingerprint density at radius 3 is 2.86 bits per heavy atom. The molecule has 1 atom stereocenters. The predicted octanol–water partition coefficient (Wildman–Crippen LogP) is 2.11. The van der Waals surface area contributed by atoms with Gasteiger partial charge in [0.1, 0.15) is 0 Å². The number of rotatable bonds is 6. The summed E-state index contributed by atoms with van der Waals surface area (Å²) in [5.74, 6) is 0.898. The van der Waals surface area contributed by atoms with Gasteiger partial charge in [0.2, 0.25) is 0 Å². The Bertz CT molecular complexity index is 130. The van der Waals surface area contributed by atoms with Gasteiger partial charge in [-0.25, -0.2) is 0 Å². The molecule has 0 aliphatic carbocycles. The summed E-state index contributed by atoms with van der Waals surface area (Å²) in [6, 6.07) is 0. The molecule has 0 amide bonds. The summed E-state index contributed by atoms with van der Waals surface area (Å²) in [7, 11) is 2.27. The summed E-state index contributed by atoms with van der Waals surface area (Å²) in [5, 5.41) is 3.48. The molecule has 0 aromatic carbocycles. The summed E-state index contributed by atoms with van der Waals surface area (Å²) >= 11 is 0. The molecule has 0 spiro atoms. The van der Waals surface area contributed by atoms with Gasteiger partial charge in [-0.1, -0.05) is 19.8 Å². The van der Waals surface area contributed by atoms with Crippen LogP contribution >= 0.6 is 0 Å². The van der Waals surface area contributed by atoms with E-state index < -0.39 is 0 Å². The van der Waals surface area contributed by atoms with Crippen molar-refractivity contribution in [3.05, 3.63) is 0 Å². The van der Waals surface area contributed by atoms with E-state index in [0.717, 1.165) is 5.92 Å². The van der Waals surface area contributed by atoms with Gasteiger partial charge >= 0.3 is 0 Å². The Morgan fingerprint density at radius 1 is 1.36 bits per heavy atom. The first-order valence-corrected chi connectivity index (χ1v) is 6.22. The van der Waals surface area contributed by atoms with E-state index in [-0.39, 0.29) is 0 Å². The number of unbranched alkanes of at least 4 members (excludes halogenated alkanes) is 2. The van der Waals surface area contributed by atoms with E-state index >= 15 is 0 Å². The minimum atomic E-state index is 0.898. The van der Waals surface area contributed by atoms with Crippen molar-refractivity contribution in [2.45, 2.75) is 39.0 Å². The topological polar surface area (TPSA) is 15.3 Å². The van der Waals surface area contributed by atoms with Crippen LogP contribution in [0.2, 0.25) is 0 Å². The molecule has 14 heavy (non-hydrogen) atoms. The molecule has 1 fully saturated rings. The molecule has 1 aliphatic rings. The van der Waals surface area contributed by atoms with Gasteiger partial charge in [-0.05, 0) is 51.9 Å². The average Bonchev–Trinajstić information content (AvgIpc) is 2.20. The monoisotopic (exact) mass is 198 g/mol. The van der Waals surface area contributed by atoms with Crippen LogP contribution in [-0.4, -0.2) is 38.1 Å². The van der Waals surface area contributed by atoms with Crippen LogP contribution in [-0.2, 0) is 0 Å². The van der Waals surface area contributed by atoms with Gasteiger partial charge in [0.25, 0.3) is 0 Å². The second kappa shape index (κ2) is 7.24. The van der Waals surface area contributed by atoms with Crippen LogP contribution in [0.1, 0.15) is 39.0 Å². The van der Waals surface area contributed by atoms with Crippen molar-refractivity contribution in [2.24, 2.45) is 5.92 Å². The van der Waals surface area contributed by atoms with Gasteiger partial charge in [-0.15, -0.1) is 0 Å². The molecule has 1 heterocycles. The lowest BCUT2D eigenvalue weighted by Crippen LogP contribution is -2.37. The average molecular weight is 198 g/mol. The van der Waals surface area contributed by atoms with Gasteiger partial charge in [0.05, 0.1) is 0 Å². The maximum Gasteiger partial charge on any atom is 0.00187 e. The zero-order valence-electron chi connectivity index (χ0n) is 9.89. The molecule has 2 heteroatoms. The highest BCUT2D eigenvalue weighted by Crippen LogP contribution is 2.11. The Kier molecular flexibility index (Phi) is 6.20. The smallest absolute Gasteiger partial charge is 0.00187 e. The summed E-state index contributed by atoms with van der Waals surface area (Å²) in [6.07, 6.45) is 6.87. The molecule has 0 bridgehead atoms. The molecule has 1 saturated heterocycles. The maximum atomic E-state index is 3.48. The lowest BCUT2D eigenvalue weighted by molar-refractivity contribution is 0.240. The van der Waals surface area contributed by atoms with Crippen LogP contribution in [0, 0.1) is 5.92 Å². The van der Waals surface area contributed by atoms with E-state index in [9.17, 15) is 0 Å². The third-order valence-electron chi connectivity index (χ3n) is 3.11. The first-order valence-electron chi connectivity index (χ1n) is 6.22. The third-order valence-corrected chi connectivity index (χ3v) is 3.11. The van der Waals surface area contributed by atoms with Crippen LogP contribution in [0.4, 0.5) is 0 Å². The van der Waals surface area contributed by atoms with Crippen molar-refractivity contribution in [2.75, 3.05) is 33.2 Å². The maximum absolute atomic E-state index is 3.48. The molecule has 2 nitrogen and oxygen atoms in total. The highest BCUT2D eigenvalue weighted by Gasteiger charge is 2.14. The number of hydrogen-bond donors (Lipinski definition) is 1. The van der Waals surface area contributed by atoms with Crippen molar-refractivity contribution < 1.29 is 0 Å². The van der Waals surface area contributed by atoms with Gasteiger partial charge in [0.15, 0.2) is 0 Å². The van der Waals surface area contributed by atoms with Crippen LogP contribution in [0.3, 0.4) is 0 Å². The number of nitrogens with one attached hydrogen (secondary N) is 1. The predicted molar refractivity (Wildman–Crippen MR) is 62.6 cm³/mol. The number of piperidine rings is 1. The summed E-state index contributed by atoms with van der Waals surface area (Å²) < 4.78 is 0. The zero-order chi connectivity index (χ0) is 10.2. The van der Waals surface area contributed by atoms with Crippen molar-refractivity contribution in [1.82, 2.24) is 10.2 Å². The number of hydrogen-bond acceptors (Lipinski definition) is 2. The lowest BCUT2D eigenvalue weighted by Gasteiger charge is -2.27. The van der Waals surface area contributed by atoms with Gasteiger partial charge in [0, 0.05) is 6.54 Å². The van der Waals surface area contributed by atoms with Crippen molar-refractivity contribution in [1.29, 1.82) is 0 Å². The Balaban J connectivity index is 2.03. The first-order chi connectivity index (χ1) is 6.83. The molecule has 0 radical (unpaired) electrons. The molecular formula is C12H26N2. The third kappa shape index (κ3) is 4.97. The van der Waals surface area contributed by atoms with Crippen molar-refractivity contribution >= 4 is 0 Å². The second-order valence-electron chi connectivity index (χ2n) is 4.68. The standard InChI is InChI=1S/C12H26N2/c1-3-4-5-9-14(2)11-12-7-6-8-13-10-12/h12-13H,3-11H2,1-2H3. The van der Waals surface area contributed by atoms with Gasteiger partial charge in [-0.2, -0.15) is 0 Å². The van der Waals surface area contributed by atoms with Crippen LogP contribution in [0.15, 0.2) is 0 Å². The molecule has 0 aromatic rings. The molecule has 0 saturated carbocycles. The van der Waals surface area contributed by atoms with Crippen LogP contribution < -0.4 is 5.32 Å². The fourth-order valence-corrected chi connectivity index (χ4v) is 2.24. The summed E-state index contributed by atoms with van der Waals surface area (Å²) in [6.45, 7) is 7.31. The van der Waals surface area contributed by atoms with E-state index in [1.165, 1.54) is 58.3 Å². The highest BCUT2D eigenvalue weighted by molar-refractivity contribution is 4.71. The molecule has 1 unspecified atom stereocenters. The molecule has 1 aliphatic heterocycles. The van der Waals surface area contributed by atoms with E-state index in [2.05, 4.69) is 24.2 Å². The molecule has 1 N–H and O–H groups in total. The second-order valence-corrected chi connectivity index (χ2v) is 4.68. The number of nitrogens with zero attached hydrogens (tertiary/aromatic N) is 1. The van der Waals surface area contributed by atoms with E-state index in [1.54, 1.807) is 0 Å². The van der Waals surface area contributed by atoms with E-state index in [1.807, 2.05) is 0 Å². The SMILES string of the molecule is CCCCCN(C)CC1CCCNC1. The van der Waals surface area contributed by atoms with E-state index in [0.29, 0.717) is 0 Å². The van der Waals surface area contributed by atoms with Crippen molar-refractivity contribution in [3.63, 3.8) is 0 Å². The summed E-state index contributed by atoms with van der Waals surface area (Å²) in [5.41, 5.74) is 0. The van der Waals surface area contributed by atoms with Crippen LogP contribution in [0.25, 0.3) is 0 Å². The van der Waals surface area contributed by atoms with Gasteiger partial charge in [-0.3, -0.25) is 0 Å². The molecular weight excluding hydrogens is 172 g/mol. The molecule has 0 aromatic heterocycles. The fraction of sp³-hybridized carbons (Fsp3) is 1.00. The normalized spacial score (nSPS) is 22.9. The fourth-order valence-electron chi connectivity index (χ4n) is 2.24. The lowest BCUT2D eigenvalue weighted by atomic mass is 9.99. The Hall–Kier alpha value is -0.0800. The minimum absolute atomic E-state index is 0.898. The molecule has 1 rings (SSSR count). The first kappa shape index (κ1) is 12.0. The highest BCUT2D eigenvalue weighted by atomic mass is 15.1. The minimum Gasteiger partial charge on any atom is -0.316 e. The quantitative estimate of drug-likeness (QED) is 0.658. The van der Waals surface area contributed by atoms with Crippen LogP contribution in [0.5, 0.6) is 0 Å². The van der Waals surface area contributed by atoms with E-state index in [4.69, 9.17) is 0 Å².